The van der Waals surface area contributed by atoms with Crippen molar-refractivity contribution in [2.75, 3.05) is 19.7 Å². The Hall–Kier alpha value is -2.24. The topological polar surface area (TPSA) is 55.8 Å². The van der Waals surface area contributed by atoms with Crippen LogP contribution < -0.4 is 9.47 Å². The van der Waals surface area contributed by atoms with E-state index in [0.29, 0.717) is 78.9 Å². The fourth-order valence-corrected chi connectivity index (χ4v) is 4.91. The van der Waals surface area contributed by atoms with E-state index < -0.39 is 5.60 Å². The highest BCUT2D eigenvalue weighted by Gasteiger charge is 2.44. The van der Waals surface area contributed by atoms with E-state index in [1.54, 1.807) is 6.07 Å². The molecule has 2 aromatic carbocycles. The Morgan fingerprint density at radius 3 is 2.62 bits per heavy atom. The first kappa shape index (κ1) is 22.9. The predicted molar refractivity (Wildman–Crippen MR) is 125 cm³/mol. The number of para-hydroxylation sites is 1. The summed E-state index contributed by atoms with van der Waals surface area (Å²) in [5, 5.41) is 1.19. The molecule has 0 N–H and O–H groups in total. The molecule has 2 heterocycles. The number of halogens is 2. The second-order valence-electron chi connectivity index (χ2n) is 8.65. The summed E-state index contributed by atoms with van der Waals surface area (Å²) in [6.45, 7) is 5.38. The second-order valence-corrected chi connectivity index (χ2v) is 9.44. The van der Waals surface area contributed by atoms with Crippen LogP contribution in [0.4, 0.5) is 0 Å². The van der Waals surface area contributed by atoms with Crippen LogP contribution in [-0.4, -0.2) is 41.9 Å². The summed E-state index contributed by atoms with van der Waals surface area (Å²) >= 11 is 12.4. The zero-order valence-electron chi connectivity index (χ0n) is 18.4. The normalized spacial score (nSPS) is 17.1. The first-order valence-electron chi connectivity index (χ1n) is 11.0. The summed E-state index contributed by atoms with van der Waals surface area (Å²) in [7, 11) is 0. The van der Waals surface area contributed by atoms with E-state index in [4.69, 9.17) is 32.7 Å². The SMILES string of the molecule is Cc1cc2c(c(C)c1Cl)C(=O)CC1(CCN(C(=O)CCCOc3ccccc3Cl)CC1)O2. The lowest BCUT2D eigenvalue weighted by molar-refractivity contribution is -0.135. The summed E-state index contributed by atoms with van der Waals surface area (Å²) in [5.41, 5.74) is 1.75. The Kier molecular flexibility index (Phi) is 6.68. The van der Waals surface area contributed by atoms with Crippen molar-refractivity contribution in [3.8, 4) is 11.5 Å². The highest BCUT2D eigenvalue weighted by molar-refractivity contribution is 6.33. The highest BCUT2D eigenvalue weighted by Crippen LogP contribution is 2.43. The number of nitrogens with zero attached hydrogens (tertiary/aromatic N) is 1. The molecule has 2 aliphatic rings. The lowest BCUT2D eigenvalue weighted by Gasteiger charge is -2.44. The molecule has 2 aliphatic heterocycles. The maximum atomic E-state index is 12.9. The molecule has 170 valence electrons. The van der Waals surface area contributed by atoms with Crippen molar-refractivity contribution in [1.29, 1.82) is 0 Å². The van der Waals surface area contributed by atoms with Gasteiger partial charge in [-0.05, 0) is 49.6 Å². The predicted octanol–water partition coefficient (Wildman–Crippen LogP) is 5.80. The number of aryl methyl sites for hydroxylation is 1. The number of carbonyl (C=O) groups excluding carboxylic acids is 2. The molecule has 1 fully saturated rings. The molecule has 7 heteroatoms. The number of rotatable bonds is 5. The number of carbonyl (C=O) groups is 2. The minimum atomic E-state index is -0.541. The lowest BCUT2D eigenvalue weighted by atomic mass is 9.81. The number of piperidine rings is 1. The summed E-state index contributed by atoms with van der Waals surface area (Å²) in [6.07, 6.45) is 2.64. The molecule has 1 amide bonds. The Morgan fingerprint density at radius 1 is 1.19 bits per heavy atom. The molecule has 4 rings (SSSR count). The molecule has 0 saturated carbocycles. The zero-order valence-corrected chi connectivity index (χ0v) is 19.9. The van der Waals surface area contributed by atoms with E-state index in [1.165, 1.54) is 0 Å². The molecule has 1 saturated heterocycles. The number of fused-ring (bicyclic) bond motifs is 1. The highest BCUT2D eigenvalue weighted by atomic mass is 35.5. The standard InChI is InChI=1S/C25H27Cl2NO4/c1-16-14-21-23(17(2)24(16)27)19(29)15-25(32-21)9-11-28(12-10-25)22(30)8-5-13-31-20-7-4-3-6-18(20)26/h3-4,6-7,14H,5,8-13,15H2,1-2H3. The minimum absolute atomic E-state index is 0.0714. The van der Waals surface area contributed by atoms with Crippen molar-refractivity contribution < 1.29 is 19.1 Å². The van der Waals surface area contributed by atoms with Crippen LogP contribution in [0.3, 0.4) is 0 Å². The molecule has 5 nitrogen and oxygen atoms in total. The average molecular weight is 476 g/mol. The van der Waals surface area contributed by atoms with Crippen LogP contribution in [0.2, 0.25) is 10.0 Å². The summed E-state index contributed by atoms with van der Waals surface area (Å²) in [6, 6.07) is 9.17. The third-order valence-electron chi connectivity index (χ3n) is 6.39. The van der Waals surface area contributed by atoms with Gasteiger partial charge in [0.2, 0.25) is 5.91 Å². The van der Waals surface area contributed by atoms with Gasteiger partial charge in [0.15, 0.2) is 5.78 Å². The number of amides is 1. The van der Waals surface area contributed by atoms with Crippen LogP contribution in [-0.2, 0) is 4.79 Å². The molecule has 32 heavy (non-hydrogen) atoms. The van der Waals surface area contributed by atoms with E-state index in [1.807, 2.05) is 43.0 Å². The molecular weight excluding hydrogens is 449 g/mol. The molecule has 0 aromatic heterocycles. The molecule has 0 aliphatic carbocycles. The molecular formula is C25H27Cl2NO4. The van der Waals surface area contributed by atoms with Crippen LogP contribution in [0.25, 0.3) is 0 Å². The van der Waals surface area contributed by atoms with Crippen LogP contribution in [0.1, 0.15) is 53.6 Å². The van der Waals surface area contributed by atoms with Gasteiger partial charge in [-0.25, -0.2) is 0 Å². The first-order valence-corrected chi connectivity index (χ1v) is 11.7. The quantitative estimate of drug-likeness (QED) is 0.513. The number of hydrogen-bond acceptors (Lipinski definition) is 4. The maximum Gasteiger partial charge on any atom is 0.222 e. The average Bonchev–Trinajstić information content (AvgIpc) is 2.76. The molecule has 2 aromatic rings. The summed E-state index contributed by atoms with van der Waals surface area (Å²) in [5.74, 6) is 1.43. The molecule has 0 unspecified atom stereocenters. The Morgan fingerprint density at radius 2 is 1.91 bits per heavy atom. The first-order chi connectivity index (χ1) is 15.3. The van der Waals surface area contributed by atoms with Gasteiger partial charge in [0.25, 0.3) is 0 Å². The molecule has 0 atom stereocenters. The van der Waals surface area contributed by atoms with Crippen LogP contribution >= 0.6 is 23.2 Å². The number of ketones is 1. The molecule has 0 bridgehead atoms. The van der Waals surface area contributed by atoms with E-state index in [-0.39, 0.29) is 11.7 Å². The van der Waals surface area contributed by atoms with Gasteiger partial charge in [0.05, 0.1) is 23.6 Å². The van der Waals surface area contributed by atoms with Gasteiger partial charge in [-0.3, -0.25) is 9.59 Å². The number of hydrogen-bond donors (Lipinski definition) is 0. The van der Waals surface area contributed by atoms with Gasteiger partial charge in [0.1, 0.15) is 17.1 Å². The smallest absolute Gasteiger partial charge is 0.222 e. The van der Waals surface area contributed by atoms with Crippen LogP contribution in [0.5, 0.6) is 11.5 Å². The van der Waals surface area contributed by atoms with E-state index in [2.05, 4.69) is 0 Å². The van der Waals surface area contributed by atoms with Gasteiger partial charge in [-0.15, -0.1) is 0 Å². The van der Waals surface area contributed by atoms with Gasteiger partial charge in [-0.2, -0.15) is 0 Å². The lowest BCUT2D eigenvalue weighted by Crippen LogP contribution is -2.52. The fraction of sp³-hybridized carbons (Fsp3) is 0.440. The van der Waals surface area contributed by atoms with E-state index >= 15 is 0 Å². The van der Waals surface area contributed by atoms with E-state index in [0.717, 1.165) is 11.1 Å². The summed E-state index contributed by atoms with van der Waals surface area (Å²) in [4.78, 5) is 27.5. The van der Waals surface area contributed by atoms with Crippen molar-refractivity contribution >= 4 is 34.9 Å². The minimum Gasteiger partial charge on any atom is -0.492 e. The monoisotopic (exact) mass is 475 g/mol. The number of ether oxygens (including phenoxy) is 2. The Labute approximate surface area is 198 Å². The maximum absolute atomic E-state index is 12.9. The van der Waals surface area contributed by atoms with Crippen LogP contribution in [0, 0.1) is 13.8 Å². The number of likely N-dealkylation sites (tertiary alicyclic amines) is 1. The zero-order chi connectivity index (χ0) is 22.9. The van der Waals surface area contributed by atoms with Gasteiger partial charge in [-0.1, -0.05) is 35.3 Å². The van der Waals surface area contributed by atoms with Crippen molar-refractivity contribution in [1.82, 2.24) is 4.90 Å². The number of Topliss-reactive ketones (excluding diaryl/α,β-unsaturated/α-hetero) is 1. The second kappa shape index (κ2) is 9.32. The fourth-order valence-electron chi connectivity index (χ4n) is 4.57. The molecule has 0 radical (unpaired) electrons. The van der Waals surface area contributed by atoms with Gasteiger partial charge >= 0.3 is 0 Å². The third kappa shape index (κ3) is 4.60. The van der Waals surface area contributed by atoms with Crippen molar-refractivity contribution in [3.63, 3.8) is 0 Å². The van der Waals surface area contributed by atoms with E-state index in [9.17, 15) is 9.59 Å². The third-order valence-corrected chi connectivity index (χ3v) is 7.28. The Balaban J connectivity index is 1.30. The van der Waals surface area contributed by atoms with Crippen molar-refractivity contribution in [3.05, 3.63) is 57.1 Å². The van der Waals surface area contributed by atoms with Gasteiger partial charge in [0, 0.05) is 37.4 Å². The summed E-state index contributed by atoms with van der Waals surface area (Å²) < 4.78 is 12.1. The van der Waals surface area contributed by atoms with Crippen molar-refractivity contribution in [2.24, 2.45) is 0 Å². The number of benzene rings is 2. The molecule has 1 spiro atoms. The van der Waals surface area contributed by atoms with Gasteiger partial charge < -0.3 is 14.4 Å². The largest absolute Gasteiger partial charge is 0.492 e. The van der Waals surface area contributed by atoms with Crippen LogP contribution in [0.15, 0.2) is 30.3 Å². The van der Waals surface area contributed by atoms with Crippen molar-refractivity contribution in [2.45, 2.75) is 51.6 Å². The Bertz CT molecular complexity index is 1040.